The molecule has 5 heteroatoms. The second-order valence-corrected chi connectivity index (χ2v) is 8.93. The van der Waals surface area contributed by atoms with Crippen LogP contribution in [0.1, 0.15) is 112 Å². The predicted molar refractivity (Wildman–Crippen MR) is 117 cm³/mol. The Morgan fingerprint density at radius 3 is 2.32 bits per heavy atom. The minimum Gasteiger partial charge on any atom is -0.462 e. The highest BCUT2D eigenvalue weighted by Gasteiger charge is 2.27. The third kappa shape index (κ3) is 7.23. The van der Waals surface area contributed by atoms with Gasteiger partial charge < -0.3 is 10.1 Å². The van der Waals surface area contributed by atoms with Crippen molar-refractivity contribution in [1.82, 2.24) is 0 Å². The van der Waals surface area contributed by atoms with Crippen LogP contribution < -0.4 is 5.32 Å². The lowest BCUT2D eigenvalue weighted by molar-refractivity contribution is -0.116. The van der Waals surface area contributed by atoms with Gasteiger partial charge in [-0.1, -0.05) is 58.8 Å². The number of esters is 1. The van der Waals surface area contributed by atoms with E-state index in [1.54, 1.807) is 11.3 Å². The Morgan fingerprint density at radius 1 is 0.929 bits per heavy atom. The van der Waals surface area contributed by atoms with E-state index >= 15 is 0 Å². The van der Waals surface area contributed by atoms with Crippen LogP contribution in [0.15, 0.2) is 0 Å². The van der Waals surface area contributed by atoms with E-state index in [-0.39, 0.29) is 11.9 Å². The number of amides is 1. The molecule has 1 aromatic rings. The number of anilines is 1. The molecule has 4 nitrogen and oxygen atoms in total. The van der Waals surface area contributed by atoms with Crippen molar-refractivity contribution in [3.8, 4) is 0 Å². The summed E-state index contributed by atoms with van der Waals surface area (Å²) in [5, 5.41) is 3.73. The standard InChI is InChI=1S/C23H37NO3S/c1-3-5-6-7-8-9-10-11-16-20(25)24-22-21(23(26)27-17-4-2)18-14-12-13-15-19(18)28-22/h3-17H2,1-2H3,(H,24,25). The molecule has 1 amide bonds. The van der Waals surface area contributed by atoms with Crippen LogP contribution in [-0.4, -0.2) is 18.5 Å². The number of rotatable bonds is 13. The summed E-state index contributed by atoms with van der Waals surface area (Å²) in [6, 6.07) is 0. The lowest BCUT2D eigenvalue weighted by Gasteiger charge is -2.12. The third-order valence-electron chi connectivity index (χ3n) is 5.32. The van der Waals surface area contributed by atoms with Crippen LogP contribution in [0.25, 0.3) is 0 Å². The van der Waals surface area contributed by atoms with Crippen molar-refractivity contribution in [2.24, 2.45) is 0 Å². The van der Waals surface area contributed by atoms with Gasteiger partial charge in [-0.05, 0) is 44.1 Å². The van der Waals surface area contributed by atoms with E-state index < -0.39 is 0 Å². The number of carbonyl (C=O) groups is 2. The molecule has 1 aromatic heterocycles. The zero-order valence-corrected chi connectivity index (χ0v) is 18.6. The zero-order valence-electron chi connectivity index (χ0n) is 17.7. The quantitative estimate of drug-likeness (QED) is 0.294. The van der Waals surface area contributed by atoms with Gasteiger partial charge in [0.1, 0.15) is 5.00 Å². The Hall–Kier alpha value is -1.36. The maximum atomic E-state index is 12.6. The van der Waals surface area contributed by atoms with Crippen LogP contribution in [0.2, 0.25) is 0 Å². The fourth-order valence-corrected chi connectivity index (χ4v) is 5.04. The van der Waals surface area contributed by atoms with Gasteiger partial charge in [0.25, 0.3) is 0 Å². The molecule has 0 bridgehead atoms. The summed E-state index contributed by atoms with van der Waals surface area (Å²) in [7, 11) is 0. The molecule has 0 fully saturated rings. The van der Waals surface area contributed by atoms with Crippen LogP contribution in [0, 0.1) is 0 Å². The normalized spacial score (nSPS) is 13.2. The number of nitrogens with one attached hydrogen (secondary N) is 1. The maximum absolute atomic E-state index is 12.6. The van der Waals surface area contributed by atoms with Crippen molar-refractivity contribution >= 4 is 28.2 Å². The Bertz CT molecular complexity index is 624. The minimum atomic E-state index is -0.274. The predicted octanol–water partition coefficient (Wildman–Crippen LogP) is 6.66. The average Bonchev–Trinajstić information content (AvgIpc) is 3.05. The van der Waals surface area contributed by atoms with E-state index in [0.29, 0.717) is 23.6 Å². The first kappa shape index (κ1) is 22.9. The Kier molecular flexibility index (Phi) is 10.6. The molecule has 0 unspecified atom stereocenters. The number of aryl methyl sites for hydroxylation is 1. The number of ether oxygens (including phenoxy) is 1. The molecule has 2 rings (SSSR count). The van der Waals surface area contributed by atoms with Gasteiger partial charge in [0.2, 0.25) is 5.91 Å². The maximum Gasteiger partial charge on any atom is 0.341 e. The topological polar surface area (TPSA) is 55.4 Å². The fourth-order valence-electron chi connectivity index (χ4n) is 3.75. The number of unbranched alkanes of at least 4 members (excludes halogenated alkanes) is 7. The van der Waals surface area contributed by atoms with E-state index in [1.165, 1.54) is 43.4 Å². The molecule has 0 atom stereocenters. The number of thiophene rings is 1. The van der Waals surface area contributed by atoms with Crippen LogP contribution in [0.3, 0.4) is 0 Å². The second kappa shape index (κ2) is 13.0. The first-order valence-electron chi connectivity index (χ1n) is 11.3. The highest BCUT2D eigenvalue weighted by atomic mass is 32.1. The van der Waals surface area contributed by atoms with Crippen molar-refractivity contribution in [2.75, 3.05) is 11.9 Å². The van der Waals surface area contributed by atoms with Crippen LogP contribution in [-0.2, 0) is 22.4 Å². The summed E-state index contributed by atoms with van der Waals surface area (Å²) >= 11 is 1.57. The van der Waals surface area contributed by atoms with Gasteiger partial charge in [-0.25, -0.2) is 4.79 Å². The Balaban J connectivity index is 1.84. The van der Waals surface area contributed by atoms with E-state index in [2.05, 4.69) is 12.2 Å². The lowest BCUT2D eigenvalue weighted by Crippen LogP contribution is -2.15. The highest BCUT2D eigenvalue weighted by Crippen LogP contribution is 2.38. The number of carbonyl (C=O) groups excluding carboxylic acids is 2. The highest BCUT2D eigenvalue weighted by molar-refractivity contribution is 7.17. The van der Waals surface area contributed by atoms with Gasteiger partial charge in [-0.3, -0.25) is 4.79 Å². The molecule has 28 heavy (non-hydrogen) atoms. The van der Waals surface area contributed by atoms with Crippen molar-refractivity contribution in [1.29, 1.82) is 0 Å². The van der Waals surface area contributed by atoms with Gasteiger partial charge in [0.15, 0.2) is 0 Å². The molecule has 0 aliphatic heterocycles. The molecule has 0 saturated carbocycles. The number of hydrogen-bond acceptors (Lipinski definition) is 4. The zero-order chi connectivity index (χ0) is 20.2. The van der Waals surface area contributed by atoms with E-state index in [0.717, 1.165) is 50.5 Å². The van der Waals surface area contributed by atoms with Gasteiger partial charge in [0.05, 0.1) is 12.2 Å². The van der Waals surface area contributed by atoms with E-state index in [1.807, 2.05) is 6.92 Å². The van der Waals surface area contributed by atoms with E-state index in [9.17, 15) is 9.59 Å². The molecule has 1 N–H and O–H groups in total. The smallest absolute Gasteiger partial charge is 0.341 e. The summed E-state index contributed by atoms with van der Waals surface area (Å²) in [5.41, 5.74) is 1.73. The minimum absolute atomic E-state index is 0.0223. The van der Waals surface area contributed by atoms with Crippen molar-refractivity contribution in [3.63, 3.8) is 0 Å². The molecular formula is C23H37NO3S. The molecule has 158 valence electrons. The summed E-state index contributed by atoms with van der Waals surface area (Å²) in [4.78, 5) is 26.3. The molecule has 0 spiro atoms. The molecule has 1 aliphatic rings. The summed E-state index contributed by atoms with van der Waals surface area (Å²) in [6.07, 6.45) is 15.2. The van der Waals surface area contributed by atoms with Crippen LogP contribution in [0.4, 0.5) is 5.00 Å². The lowest BCUT2D eigenvalue weighted by atomic mass is 9.95. The number of hydrogen-bond donors (Lipinski definition) is 1. The van der Waals surface area contributed by atoms with Crippen LogP contribution >= 0.6 is 11.3 Å². The molecule has 0 saturated heterocycles. The monoisotopic (exact) mass is 407 g/mol. The molecular weight excluding hydrogens is 370 g/mol. The largest absolute Gasteiger partial charge is 0.462 e. The SMILES string of the molecule is CCCCCCCCCCC(=O)Nc1sc2c(c1C(=O)OCCC)CCCC2. The van der Waals surface area contributed by atoms with Gasteiger partial charge >= 0.3 is 5.97 Å². The van der Waals surface area contributed by atoms with Crippen LogP contribution in [0.5, 0.6) is 0 Å². The molecule has 0 aromatic carbocycles. The van der Waals surface area contributed by atoms with Crippen molar-refractivity contribution in [2.45, 2.75) is 104 Å². The fraction of sp³-hybridized carbons (Fsp3) is 0.739. The van der Waals surface area contributed by atoms with Crippen molar-refractivity contribution < 1.29 is 14.3 Å². The third-order valence-corrected chi connectivity index (χ3v) is 6.53. The average molecular weight is 408 g/mol. The summed E-state index contributed by atoms with van der Waals surface area (Å²) in [5.74, 6) is -0.252. The first-order chi connectivity index (χ1) is 13.7. The van der Waals surface area contributed by atoms with Gasteiger partial charge in [-0.2, -0.15) is 0 Å². The summed E-state index contributed by atoms with van der Waals surface area (Å²) < 4.78 is 5.39. The second-order valence-electron chi connectivity index (χ2n) is 7.82. The summed E-state index contributed by atoms with van der Waals surface area (Å²) in [6.45, 7) is 4.65. The van der Waals surface area contributed by atoms with Gasteiger partial charge in [-0.15, -0.1) is 11.3 Å². The Morgan fingerprint density at radius 2 is 1.61 bits per heavy atom. The molecule has 1 heterocycles. The van der Waals surface area contributed by atoms with Gasteiger partial charge in [0, 0.05) is 11.3 Å². The number of fused-ring (bicyclic) bond motifs is 1. The first-order valence-corrected chi connectivity index (χ1v) is 12.1. The molecule has 0 radical (unpaired) electrons. The van der Waals surface area contributed by atoms with Crippen molar-refractivity contribution in [3.05, 3.63) is 16.0 Å². The molecule has 1 aliphatic carbocycles. The Labute approximate surface area is 174 Å². The van der Waals surface area contributed by atoms with E-state index in [4.69, 9.17) is 4.74 Å².